The second kappa shape index (κ2) is 6.82. The van der Waals surface area contributed by atoms with E-state index in [2.05, 4.69) is 0 Å². The number of nitrogens with zero attached hydrogens (tertiary/aromatic N) is 2. The number of sulfonamides is 1. The second-order valence-corrected chi connectivity index (χ2v) is 8.79. The number of carbonyl (C=O) groups excluding carboxylic acids is 1. The fourth-order valence-corrected chi connectivity index (χ4v) is 4.99. The zero-order chi connectivity index (χ0) is 17.3. The molecule has 2 N–H and O–H groups in total. The molecule has 2 saturated heterocycles. The first-order valence-corrected chi connectivity index (χ1v) is 9.93. The fraction of sp³-hybridized carbons (Fsp3) is 0.588. The second-order valence-electron chi connectivity index (χ2n) is 6.85. The summed E-state index contributed by atoms with van der Waals surface area (Å²) in [5.74, 6) is -0.212. The Kier molecular flexibility index (Phi) is 4.94. The molecule has 2 heterocycles. The molecule has 7 heteroatoms. The van der Waals surface area contributed by atoms with Crippen LogP contribution in [0.4, 0.5) is 0 Å². The molecule has 0 aromatic heterocycles. The van der Waals surface area contributed by atoms with Gasteiger partial charge >= 0.3 is 0 Å². The summed E-state index contributed by atoms with van der Waals surface area (Å²) in [5, 5.41) is 0. The van der Waals surface area contributed by atoms with E-state index in [9.17, 15) is 13.2 Å². The average molecular weight is 351 g/mol. The number of likely N-dealkylation sites (tertiary alicyclic amines) is 1. The lowest BCUT2D eigenvalue weighted by atomic mass is 9.98. The highest BCUT2D eigenvalue weighted by atomic mass is 32.2. The molecule has 0 spiro atoms. The van der Waals surface area contributed by atoms with Gasteiger partial charge in [0.15, 0.2) is 0 Å². The summed E-state index contributed by atoms with van der Waals surface area (Å²) in [6, 6.07) is 6.91. The van der Waals surface area contributed by atoms with E-state index in [0.717, 1.165) is 18.4 Å². The highest BCUT2D eigenvalue weighted by Crippen LogP contribution is 2.26. The van der Waals surface area contributed by atoms with Gasteiger partial charge in [-0.15, -0.1) is 0 Å². The normalized spacial score (nSPS) is 25.8. The van der Waals surface area contributed by atoms with E-state index in [4.69, 9.17) is 5.73 Å². The van der Waals surface area contributed by atoms with Crippen LogP contribution in [-0.4, -0.2) is 55.8 Å². The lowest BCUT2D eigenvalue weighted by Gasteiger charge is -2.33. The van der Waals surface area contributed by atoms with E-state index in [1.54, 1.807) is 29.2 Å². The molecule has 2 atom stereocenters. The molecule has 0 aliphatic carbocycles. The predicted molar refractivity (Wildman–Crippen MR) is 91.8 cm³/mol. The molecule has 0 bridgehead atoms. The van der Waals surface area contributed by atoms with E-state index in [1.165, 1.54) is 4.31 Å². The molecule has 6 nitrogen and oxygen atoms in total. The van der Waals surface area contributed by atoms with E-state index in [1.807, 2.05) is 6.92 Å². The van der Waals surface area contributed by atoms with Gasteiger partial charge in [0, 0.05) is 32.2 Å². The molecule has 0 radical (unpaired) electrons. The van der Waals surface area contributed by atoms with Crippen molar-refractivity contribution in [2.75, 3.05) is 26.2 Å². The van der Waals surface area contributed by atoms with E-state index in [-0.39, 0.29) is 24.4 Å². The molecule has 0 saturated carbocycles. The number of carbonyl (C=O) groups is 1. The summed E-state index contributed by atoms with van der Waals surface area (Å²) in [6.45, 7) is 3.92. The summed E-state index contributed by atoms with van der Waals surface area (Å²) in [7, 11) is -3.54. The molecular weight excluding hydrogens is 326 g/mol. The van der Waals surface area contributed by atoms with Crippen LogP contribution >= 0.6 is 0 Å². The highest BCUT2D eigenvalue weighted by Gasteiger charge is 2.36. The third-order valence-electron chi connectivity index (χ3n) is 4.93. The van der Waals surface area contributed by atoms with Crippen molar-refractivity contribution in [3.63, 3.8) is 0 Å². The number of rotatable bonds is 3. The quantitative estimate of drug-likeness (QED) is 0.879. The molecule has 24 heavy (non-hydrogen) atoms. The van der Waals surface area contributed by atoms with Gasteiger partial charge in [-0.2, -0.15) is 4.31 Å². The summed E-state index contributed by atoms with van der Waals surface area (Å²) in [4.78, 5) is 14.7. The maximum Gasteiger partial charge on any atom is 0.243 e. The maximum atomic E-state index is 12.8. The Labute approximate surface area is 143 Å². The molecule has 2 aliphatic rings. The van der Waals surface area contributed by atoms with E-state index < -0.39 is 10.0 Å². The van der Waals surface area contributed by atoms with Crippen LogP contribution in [0.15, 0.2) is 29.2 Å². The van der Waals surface area contributed by atoms with Crippen LogP contribution in [-0.2, 0) is 14.8 Å². The number of piperidine rings is 1. The molecule has 1 aromatic carbocycles. The van der Waals surface area contributed by atoms with Crippen molar-refractivity contribution in [3.8, 4) is 0 Å². The first-order chi connectivity index (χ1) is 11.4. The molecule has 1 aromatic rings. The van der Waals surface area contributed by atoms with Crippen LogP contribution in [0.1, 0.15) is 24.8 Å². The van der Waals surface area contributed by atoms with Gasteiger partial charge in [-0.05, 0) is 38.3 Å². The molecule has 3 rings (SSSR count). The Hall–Kier alpha value is -1.44. The summed E-state index contributed by atoms with van der Waals surface area (Å²) in [5.41, 5.74) is 6.90. The van der Waals surface area contributed by atoms with Gasteiger partial charge in [0.2, 0.25) is 15.9 Å². The predicted octanol–water partition coefficient (Wildman–Crippen LogP) is 0.955. The van der Waals surface area contributed by atoms with Gasteiger partial charge in [-0.1, -0.05) is 17.7 Å². The Bertz CT molecular complexity index is 702. The SMILES string of the molecule is Cc1ccc(S(=O)(=O)N2CCCC(C(=O)N3CC[C@@H](N)C3)C2)cc1. The largest absolute Gasteiger partial charge is 0.341 e. The van der Waals surface area contributed by atoms with Crippen LogP contribution in [0.2, 0.25) is 0 Å². The number of hydrogen-bond acceptors (Lipinski definition) is 4. The number of hydrogen-bond donors (Lipinski definition) is 1. The van der Waals surface area contributed by atoms with Crippen molar-refractivity contribution < 1.29 is 13.2 Å². The Morgan fingerprint density at radius 3 is 2.46 bits per heavy atom. The van der Waals surface area contributed by atoms with Crippen LogP contribution in [0.3, 0.4) is 0 Å². The molecule has 1 amide bonds. The Morgan fingerprint density at radius 1 is 1.12 bits per heavy atom. The minimum atomic E-state index is -3.54. The van der Waals surface area contributed by atoms with Gasteiger partial charge in [0.25, 0.3) is 0 Å². The average Bonchev–Trinajstić information content (AvgIpc) is 3.01. The van der Waals surface area contributed by atoms with E-state index >= 15 is 0 Å². The van der Waals surface area contributed by atoms with Crippen molar-refractivity contribution in [1.29, 1.82) is 0 Å². The first kappa shape index (κ1) is 17.4. The highest BCUT2D eigenvalue weighted by molar-refractivity contribution is 7.89. The third kappa shape index (κ3) is 3.48. The van der Waals surface area contributed by atoms with Crippen LogP contribution in [0, 0.1) is 12.8 Å². The van der Waals surface area contributed by atoms with Gasteiger partial charge in [0.05, 0.1) is 10.8 Å². The topological polar surface area (TPSA) is 83.7 Å². The van der Waals surface area contributed by atoms with Gasteiger partial charge in [-0.25, -0.2) is 8.42 Å². The van der Waals surface area contributed by atoms with Crippen molar-refractivity contribution in [3.05, 3.63) is 29.8 Å². The van der Waals surface area contributed by atoms with Crippen molar-refractivity contribution in [2.45, 2.75) is 37.1 Å². The minimum absolute atomic E-state index is 0.0462. The number of nitrogens with two attached hydrogens (primary N) is 1. The standard InChI is InChI=1S/C17H25N3O3S/c1-13-4-6-16(7-5-13)24(22,23)20-9-2-3-14(11-20)17(21)19-10-8-15(18)12-19/h4-7,14-15H,2-3,8-12,18H2,1H3/t14?,15-/m1/s1. The first-order valence-electron chi connectivity index (χ1n) is 8.49. The number of amides is 1. The smallest absolute Gasteiger partial charge is 0.243 e. The third-order valence-corrected chi connectivity index (χ3v) is 6.81. The molecule has 2 fully saturated rings. The summed E-state index contributed by atoms with van der Waals surface area (Å²) in [6.07, 6.45) is 2.27. The molecular formula is C17H25N3O3S. The number of aryl methyl sites for hydroxylation is 1. The zero-order valence-corrected chi connectivity index (χ0v) is 14.8. The Balaban J connectivity index is 1.73. The van der Waals surface area contributed by atoms with Crippen molar-refractivity contribution >= 4 is 15.9 Å². The monoisotopic (exact) mass is 351 g/mol. The number of benzene rings is 1. The van der Waals surface area contributed by atoms with Crippen molar-refractivity contribution in [2.24, 2.45) is 11.7 Å². The van der Waals surface area contributed by atoms with E-state index in [0.29, 0.717) is 31.0 Å². The summed E-state index contributed by atoms with van der Waals surface area (Å²) < 4.78 is 27.1. The molecule has 2 aliphatic heterocycles. The minimum Gasteiger partial charge on any atom is -0.341 e. The lowest BCUT2D eigenvalue weighted by molar-refractivity contribution is -0.135. The summed E-state index contributed by atoms with van der Waals surface area (Å²) >= 11 is 0. The van der Waals surface area contributed by atoms with Gasteiger partial charge < -0.3 is 10.6 Å². The van der Waals surface area contributed by atoms with Gasteiger partial charge in [0.1, 0.15) is 0 Å². The maximum absolute atomic E-state index is 12.8. The molecule has 132 valence electrons. The van der Waals surface area contributed by atoms with Crippen LogP contribution in [0.25, 0.3) is 0 Å². The van der Waals surface area contributed by atoms with Gasteiger partial charge in [-0.3, -0.25) is 4.79 Å². The van der Waals surface area contributed by atoms with Crippen molar-refractivity contribution in [1.82, 2.24) is 9.21 Å². The van der Waals surface area contributed by atoms with Crippen LogP contribution < -0.4 is 5.73 Å². The lowest BCUT2D eigenvalue weighted by Crippen LogP contribution is -2.46. The fourth-order valence-electron chi connectivity index (χ4n) is 3.47. The molecule has 1 unspecified atom stereocenters. The van der Waals surface area contributed by atoms with Crippen LogP contribution in [0.5, 0.6) is 0 Å². The Morgan fingerprint density at radius 2 is 1.83 bits per heavy atom. The zero-order valence-electron chi connectivity index (χ0n) is 14.0.